The summed E-state index contributed by atoms with van der Waals surface area (Å²) in [5.41, 5.74) is 1.14. The van der Waals surface area contributed by atoms with E-state index in [-0.39, 0.29) is 21.9 Å². The smallest absolute Gasteiger partial charge is 0.338 e. The van der Waals surface area contributed by atoms with Crippen LogP contribution in [0, 0.1) is 0 Å². The zero-order valence-electron chi connectivity index (χ0n) is 17.5. The van der Waals surface area contributed by atoms with Crippen LogP contribution in [0.2, 0.25) is 0 Å². The Morgan fingerprint density at radius 2 is 1.62 bits per heavy atom. The summed E-state index contributed by atoms with van der Waals surface area (Å²) in [4.78, 5) is 38.5. The monoisotopic (exact) mass is 456 g/mol. The lowest BCUT2D eigenvalue weighted by atomic mass is 10.1. The van der Waals surface area contributed by atoms with Gasteiger partial charge in [0.05, 0.1) is 10.5 Å². The Bertz CT molecular complexity index is 1140. The van der Waals surface area contributed by atoms with E-state index in [1.807, 2.05) is 0 Å². The molecule has 2 heterocycles. The molecule has 0 unspecified atom stereocenters. The van der Waals surface area contributed by atoms with Crippen molar-refractivity contribution in [1.82, 2.24) is 4.31 Å². The van der Waals surface area contributed by atoms with Crippen LogP contribution in [-0.4, -0.2) is 56.6 Å². The fraction of sp³-hybridized carbons (Fsp3) is 0.348. The minimum atomic E-state index is -3.55. The average molecular weight is 457 g/mol. The van der Waals surface area contributed by atoms with E-state index < -0.39 is 28.4 Å². The van der Waals surface area contributed by atoms with Gasteiger partial charge in [-0.2, -0.15) is 4.31 Å². The third kappa shape index (κ3) is 4.58. The summed E-state index contributed by atoms with van der Waals surface area (Å²) in [7, 11) is -3.55. The maximum Gasteiger partial charge on any atom is 0.338 e. The maximum atomic E-state index is 12.6. The first-order valence-corrected chi connectivity index (χ1v) is 12.0. The number of ketones is 1. The highest BCUT2D eigenvalue weighted by Crippen LogP contribution is 2.23. The van der Waals surface area contributed by atoms with Crippen molar-refractivity contribution in [2.75, 3.05) is 31.1 Å². The zero-order chi connectivity index (χ0) is 22.7. The van der Waals surface area contributed by atoms with E-state index in [1.165, 1.54) is 28.6 Å². The number of Topliss-reactive ketones (excluding diaryl/α,β-unsaturated/α-hetero) is 1. The fourth-order valence-corrected chi connectivity index (χ4v) is 5.43. The minimum absolute atomic E-state index is 0.0147. The SMILES string of the molecule is O=C(COC(=O)c1cccc(N2CCCC2=O)c1)c1ccc(S(=O)(=O)N2CCCC2)cc1. The minimum Gasteiger partial charge on any atom is -0.454 e. The number of ether oxygens (including phenoxy) is 1. The summed E-state index contributed by atoms with van der Waals surface area (Å²) in [6.45, 7) is 1.15. The Morgan fingerprint density at radius 3 is 2.28 bits per heavy atom. The molecule has 0 atom stereocenters. The molecular formula is C23H24N2O6S. The normalized spacial score (nSPS) is 17.0. The predicted octanol–water partition coefficient (Wildman–Crippen LogP) is 2.64. The summed E-state index contributed by atoms with van der Waals surface area (Å²) in [6, 6.07) is 12.2. The van der Waals surface area contributed by atoms with Crippen molar-refractivity contribution >= 4 is 33.4 Å². The van der Waals surface area contributed by atoms with Gasteiger partial charge in [-0.25, -0.2) is 13.2 Å². The number of benzene rings is 2. The Balaban J connectivity index is 1.37. The molecule has 0 aromatic heterocycles. The van der Waals surface area contributed by atoms with Crippen LogP contribution in [-0.2, 0) is 19.6 Å². The number of hydrogen-bond acceptors (Lipinski definition) is 6. The second-order valence-electron chi connectivity index (χ2n) is 7.83. The highest BCUT2D eigenvalue weighted by Gasteiger charge is 2.27. The average Bonchev–Trinajstić information content (AvgIpc) is 3.50. The molecule has 0 bridgehead atoms. The molecule has 0 aliphatic carbocycles. The quantitative estimate of drug-likeness (QED) is 0.469. The molecule has 2 saturated heterocycles. The van der Waals surface area contributed by atoms with E-state index in [0.29, 0.717) is 31.7 Å². The molecule has 2 aliphatic rings. The highest BCUT2D eigenvalue weighted by molar-refractivity contribution is 7.89. The third-order valence-electron chi connectivity index (χ3n) is 5.68. The van der Waals surface area contributed by atoms with Crippen molar-refractivity contribution in [3.63, 3.8) is 0 Å². The van der Waals surface area contributed by atoms with Gasteiger partial charge in [0, 0.05) is 37.3 Å². The molecule has 32 heavy (non-hydrogen) atoms. The Kier molecular flexibility index (Phi) is 6.38. The first-order chi connectivity index (χ1) is 15.4. The van der Waals surface area contributed by atoms with E-state index in [2.05, 4.69) is 0 Å². The summed E-state index contributed by atoms with van der Waals surface area (Å²) < 4.78 is 31.7. The lowest BCUT2D eigenvalue weighted by molar-refractivity contribution is -0.117. The molecular weight excluding hydrogens is 432 g/mol. The molecule has 0 radical (unpaired) electrons. The molecule has 2 aromatic carbocycles. The van der Waals surface area contributed by atoms with Crippen LogP contribution in [0.1, 0.15) is 46.4 Å². The Hall–Kier alpha value is -3.04. The molecule has 1 amide bonds. The van der Waals surface area contributed by atoms with Crippen molar-refractivity contribution < 1.29 is 27.5 Å². The predicted molar refractivity (Wildman–Crippen MR) is 117 cm³/mol. The second kappa shape index (κ2) is 9.22. The standard InChI is InChI=1S/C23H24N2O6S/c26-21(17-8-10-20(11-9-17)32(29,30)24-12-1-2-13-24)16-31-23(28)18-5-3-6-19(15-18)25-14-4-7-22(25)27/h3,5-6,8-11,15H,1-2,4,7,12-14,16H2. The van der Waals surface area contributed by atoms with Crippen molar-refractivity contribution in [3.8, 4) is 0 Å². The van der Waals surface area contributed by atoms with Gasteiger partial charge < -0.3 is 9.64 Å². The van der Waals surface area contributed by atoms with Crippen LogP contribution in [0.3, 0.4) is 0 Å². The van der Waals surface area contributed by atoms with Crippen LogP contribution < -0.4 is 4.90 Å². The van der Waals surface area contributed by atoms with Gasteiger partial charge in [0.1, 0.15) is 0 Å². The number of nitrogens with zero attached hydrogens (tertiary/aromatic N) is 2. The molecule has 2 fully saturated rings. The summed E-state index contributed by atoms with van der Waals surface area (Å²) in [5, 5.41) is 0. The summed E-state index contributed by atoms with van der Waals surface area (Å²) in [6.07, 6.45) is 2.96. The third-order valence-corrected chi connectivity index (χ3v) is 7.59. The van der Waals surface area contributed by atoms with Gasteiger partial charge in [-0.3, -0.25) is 9.59 Å². The molecule has 9 heteroatoms. The van der Waals surface area contributed by atoms with E-state index >= 15 is 0 Å². The number of carbonyl (C=O) groups excluding carboxylic acids is 3. The van der Waals surface area contributed by atoms with Crippen molar-refractivity contribution in [1.29, 1.82) is 0 Å². The van der Waals surface area contributed by atoms with E-state index in [9.17, 15) is 22.8 Å². The van der Waals surface area contributed by atoms with Crippen LogP contribution in [0.15, 0.2) is 53.4 Å². The van der Waals surface area contributed by atoms with Gasteiger partial charge in [0.25, 0.3) is 0 Å². The number of sulfonamides is 1. The molecule has 0 spiro atoms. The lowest BCUT2D eigenvalue weighted by Crippen LogP contribution is -2.27. The van der Waals surface area contributed by atoms with E-state index in [0.717, 1.165) is 19.3 Å². The fourth-order valence-electron chi connectivity index (χ4n) is 3.91. The highest BCUT2D eigenvalue weighted by atomic mass is 32.2. The number of hydrogen-bond donors (Lipinski definition) is 0. The van der Waals surface area contributed by atoms with Gasteiger partial charge >= 0.3 is 5.97 Å². The number of amides is 1. The second-order valence-corrected chi connectivity index (χ2v) is 9.77. The first kappa shape index (κ1) is 22.2. The lowest BCUT2D eigenvalue weighted by Gasteiger charge is -2.16. The summed E-state index contributed by atoms with van der Waals surface area (Å²) in [5.74, 6) is -1.09. The number of anilines is 1. The number of rotatable bonds is 7. The Morgan fingerprint density at radius 1 is 0.906 bits per heavy atom. The first-order valence-electron chi connectivity index (χ1n) is 10.6. The van der Waals surface area contributed by atoms with E-state index in [1.54, 1.807) is 29.2 Å². The molecule has 0 N–H and O–H groups in total. The topological polar surface area (TPSA) is 101 Å². The molecule has 8 nitrogen and oxygen atoms in total. The molecule has 2 aromatic rings. The van der Waals surface area contributed by atoms with Gasteiger partial charge in [0.15, 0.2) is 12.4 Å². The molecule has 0 saturated carbocycles. The van der Waals surface area contributed by atoms with Crippen molar-refractivity contribution in [2.45, 2.75) is 30.6 Å². The van der Waals surface area contributed by atoms with Crippen LogP contribution in [0.25, 0.3) is 0 Å². The zero-order valence-corrected chi connectivity index (χ0v) is 18.3. The number of carbonyl (C=O) groups is 3. The molecule has 2 aliphatic heterocycles. The Labute approximate surface area is 186 Å². The van der Waals surface area contributed by atoms with Crippen LogP contribution >= 0.6 is 0 Å². The van der Waals surface area contributed by atoms with Crippen LogP contribution in [0.4, 0.5) is 5.69 Å². The van der Waals surface area contributed by atoms with Crippen molar-refractivity contribution in [2.24, 2.45) is 0 Å². The van der Waals surface area contributed by atoms with Gasteiger partial charge in [0.2, 0.25) is 15.9 Å². The van der Waals surface area contributed by atoms with E-state index in [4.69, 9.17) is 4.74 Å². The summed E-state index contributed by atoms with van der Waals surface area (Å²) >= 11 is 0. The molecule has 168 valence electrons. The maximum absolute atomic E-state index is 12.6. The van der Waals surface area contributed by atoms with Crippen molar-refractivity contribution in [3.05, 3.63) is 59.7 Å². The van der Waals surface area contributed by atoms with Gasteiger partial charge in [-0.15, -0.1) is 0 Å². The largest absolute Gasteiger partial charge is 0.454 e. The number of esters is 1. The molecule has 4 rings (SSSR count). The van der Waals surface area contributed by atoms with Gasteiger partial charge in [-0.05, 0) is 61.7 Å². The van der Waals surface area contributed by atoms with Crippen LogP contribution in [0.5, 0.6) is 0 Å². The van der Waals surface area contributed by atoms with Gasteiger partial charge in [-0.1, -0.05) is 6.07 Å².